The molecule has 0 bridgehead atoms. The number of nitrogens with one attached hydrogen (secondary N) is 2. The number of hydrogen-bond acceptors (Lipinski definition) is 3. The Morgan fingerprint density at radius 2 is 1.54 bits per heavy atom. The molecule has 6 nitrogen and oxygen atoms in total. The minimum atomic E-state index is -1.30. The lowest BCUT2D eigenvalue weighted by Gasteiger charge is -2.27. The molecule has 1 saturated heterocycles. The van der Waals surface area contributed by atoms with E-state index in [1.165, 1.54) is 24.3 Å². The van der Waals surface area contributed by atoms with Crippen LogP contribution >= 0.6 is 0 Å². The van der Waals surface area contributed by atoms with Gasteiger partial charge >= 0.3 is 6.03 Å². The van der Waals surface area contributed by atoms with E-state index in [4.69, 9.17) is 0 Å². The van der Waals surface area contributed by atoms with Crippen LogP contribution in [0.4, 0.5) is 9.18 Å². The Balaban J connectivity index is 1.42. The highest BCUT2D eigenvalue weighted by Gasteiger charge is 2.52. The van der Waals surface area contributed by atoms with Crippen molar-refractivity contribution in [3.63, 3.8) is 0 Å². The number of benzene rings is 3. The normalized spacial score (nSPS) is 17.2. The molecule has 37 heavy (non-hydrogen) atoms. The second-order valence-corrected chi connectivity index (χ2v) is 9.35. The standard InChI is InChI=1S/C30H32FN3O3/c1-2-3-19-30(24-14-16-25(31)17-15-24)28(36)34(29(37)33-30)21-27(35)32-20-18-26(22-10-6-4-7-11-22)23-12-8-5-9-13-23/h4-17,26H,2-3,18-21H2,1H3,(H,32,35)(H,33,37). The van der Waals surface area contributed by atoms with Crippen molar-refractivity contribution < 1.29 is 18.8 Å². The van der Waals surface area contributed by atoms with Gasteiger partial charge in [0.25, 0.3) is 5.91 Å². The maximum Gasteiger partial charge on any atom is 0.325 e. The van der Waals surface area contributed by atoms with Gasteiger partial charge in [-0.3, -0.25) is 14.5 Å². The molecule has 7 heteroatoms. The number of imide groups is 1. The summed E-state index contributed by atoms with van der Waals surface area (Å²) in [5, 5.41) is 5.67. The Hall–Kier alpha value is -4.00. The van der Waals surface area contributed by atoms with E-state index >= 15 is 0 Å². The van der Waals surface area contributed by atoms with Gasteiger partial charge in [-0.05, 0) is 41.7 Å². The summed E-state index contributed by atoms with van der Waals surface area (Å²) in [5.74, 6) is -1.22. The third-order valence-corrected chi connectivity index (χ3v) is 6.88. The van der Waals surface area contributed by atoms with Gasteiger partial charge in [0.1, 0.15) is 17.9 Å². The molecule has 1 unspecified atom stereocenters. The van der Waals surface area contributed by atoms with Crippen molar-refractivity contribution in [1.29, 1.82) is 0 Å². The minimum Gasteiger partial charge on any atom is -0.355 e. The first kappa shape index (κ1) is 26.1. The van der Waals surface area contributed by atoms with Crippen LogP contribution in [0.15, 0.2) is 84.9 Å². The lowest BCUT2D eigenvalue weighted by Crippen LogP contribution is -2.45. The van der Waals surface area contributed by atoms with Crippen LogP contribution in [0.2, 0.25) is 0 Å². The molecule has 4 amide bonds. The number of amides is 4. The third-order valence-electron chi connectivity index (χ3n) is 6.88. The van der Waals surface area contributed by atoms with E-state index in [-0.39, 0.29) is 12.5 Å². The molecular formula is C30H32FN3O3. The smallest absolute Gasteiger partial charge is 0.325 e. The molecule has 192 valence electrons. The van der Waals surface area contributed by atoms with Crippen molar-refractivity contribution in [3.8, 4) is 0 Å². The van der Waals surface area contributed by atoms with Crippen molar-refractivity contribution in [2.45, 2.75) is 44.1 Å². The first-order valence-corrected chi connectivity index (χ1v) is 12.7. The summed E-state index contributed by atoms with van der Waals surface area (Å²) in [6, 6.07) is 25.1. The largest absolute Gasteiger partial charge is 0.355 e. The lowest BCUT2D eigenvalue weighted by molar-refractivity contribution is -0.135. The molecular weight excluding hydrogens is 469 g/mol. The molecule has 4 rings (SSSR count). The van der Waals surface area contributed by atoms with Crippen molar-refractivity contribution >= 4 is 17.8 Å². The zero-order chi connectivity index (χ0) is 26.3. The Bertz CT molecular complexity index is 1180. The molecule has 1 aliphatic heterocycles. The highest BCUT2D eigenvalue weighted by molar-refractivity contribution is 6.09. The lowest BCUT2D eigenvalue weighted by atomic mass is 9.85. The summed E-state index contributed by atoms with van der Waals surface area (Å²) in [5.41, 5.74) is 1.51. The number of carbonyl (C=O) groups excluding carboxylic acids is 3. The molecule has 3 aromatic rings. The molecule has 1 fully saturated rings. The predicted octanol–water partition coefficient (Wildman–Crippen LogP) is 5.10. The number of nitrogens with zero attached hydrogens (tertiary/aromatic N) is 1. The Morgan fingerprint density at radius 1 is 0.946 bits per heavy atom. The summed E-state index contributed by atoms with van der Waals surface area (Å²) >= 11 is 0. The SMILES string of the molecule is CCCCC1(c2ccc(F)cc2)NC(=O)N(CC(=O)NCCC(c2ccccc2)c2ccccc2)C1=O. The third kappa shape index (κ3) is 5.88. The summed E-state index contributed by atoms with van der Waals surface area (Å²) in [7, 11) is 0. The van der Waals surface area contributed by atoms with E-state index < -0.39 is 29.2 Å². The van der Waals surface area contributed by atoms with Crippen LogP contribution in [-0.4, -0.2) is 35.8 Å². The van der Waals surface area contributed by atoms with Crippen molar-refractivity contribution in [3.05, 3.63) is 107 Å². The summed E-state index contributed by atoms with van der Waals surface area (Å²) < 4.78 is 13.5. The van der Waals surface area contributed by atoms with Crippen LogP contribution in [-0.2, 0) is 15.1 Å². The molecule has 3 aromatic carbocycles. The number of halogens is 1. The second kappa shape index (κ2) is 11.8. The van der Waals surface area contributed by atoms with Crippen LogP contribution in [0.3, 0.4) is 0 Å². The minimum absolute atomic E-state index is 0.0968. The first-order chi connectivity index (χ1) is 17.9. The summed E-state index contributed by atoms with van der Waals surface area (Å²) in [4.78, 5) is 40.1. The molecule has 1 aliphatic rings. The molecule has 2 N–H and O–H groups in total. The Kier molecular flexibility index (Phi) is 8.33. The molecule has 1 atom stereocenters. The first-order valence-electron chi connectivity index (χ1n) is 12.7. The Labute approximate surface area is 216 Å². The van der Waals surface area contributed by atoms with Gasteiger partial charge in [0, 0.05) is 12.5 Å². The number of carbonyl (C=O) groups is 3. The van der Waals surface area contributed by atoms with E-state index in [9.17, 15) is 18.8 Å². The van der Waals surface area contributed by atoms with E-state index in [1.54, 1.807) is 0 Å². The average Bonchev–Trinajstić information content (AvgIpc) is 3.16. The zero-order valence-corrected chi connectivity index (χ0v) is 21.0. The van der Waals surface area contributed by atoms with Crippen molar-refractivity contribution in [2.75, 3.05) is 13.1 Å². The summed E-state index contributed by atoms with van der Waals surface area (Å²) in [6.07, 6.45) is 2.53. The highest BCUT2D eigenvalue weighted by Crippen LogP contribution is 2.34. The summed E-state index contributed by atoms with van der Waals surface area (Å²) in [6.45, 7) is 2.00. The van der Waals surface area contributed by atoms with Gasteiger partial charge in [0.05, 0.1) is 0 Å². The van der Waals surface area contributed by atoms with Crippen molar-refractivity contribution in [1.82, 2.24) is 15.5 Å². The predicted molar refractivity (Wildman–Crippen MR) is 140 cm³/mol. The zero-order valence-electron chi connectivity index (χ0n) is 21.0. The maximum atomic E-state index is 13.5. The van der Waals surface area contributed by atoms with Crippen LogP contribution in [0.25, 0.3) is 0 Å². The Morgan fingerprint density at radius 3 is 2.11 bits per heavy atom. The number of unbranched alkanes of at least 4 members (excludes halogenated alkanes) is 1. The van der Waals surface area contributed by atoms with Gasteiger partial charge in [0.2, 0.25) is 5.91 Å². The van der Waals surface area contributed by atoms with Gasteiger partial charge in [-0.1, -0.05) is 92.6 Å². The van der Waals surface area contributed by atoms with Crippen LogP contribution in [0.5, 0.6) is 0 Å². The maximum absolute atomic E-state index is 13.5. The number of rotatable bonds is 11. The molecule has 0 aromatic heterocycles. The van der Waals surface area contributed by atoms with Gasteiger partial charge in [-0.15, -0.1) is 0 Å². The molecule has 0 spiro atoms. The van der Waals surface area contributed by atoms with Crippen LogP contribution in [0.1, 0.15) is 55.2 Å². The van der Waals surface area contributed by atoms with Gasteiger partial charge in [-0.2, -0.15) is 0 Å². The fourth-order valence-electron chi connectivity index (χ4n) is 4.91. The number of hydrogen-bond donors (Lipinski definition) is 2. The van der Waals surface area contributed by atoms with E-state index in [2.05, 4.69) is 34.9 Å². The highest BCUT2D eigenvalue weighted by atomic mass is 19.1. The van der Waals surface area contributed by atoms with Gasteiger partial charge in [-0.25, -0.2) is 9.18 Å². The monoisotopic (exact) mass is 501 g/mol. The fourth-order valence-corrected chi connectivity index (χ4v) is 4.91. The molecule has 1 heterocycles. The van der Waals surface area contributed by atoms with E-state index in [0.29, 0.717) is 31.4 Å². The van der Waals surface area contributed by atoms with Gasteiger partial charge in [0.15, 0.2) is 0 Å². The molecule has 0 aliphatic carbocycles. The quantitative estimate of drug-likeness (QED) is 0.359. The van der Waals surface area contributed by atoms with Crippen LogP contribution in [0, 0.1) is 5.82 Å². The fraction of sp³-hybridized carbons (Fsp3) is 0.300. The van der Waals surface area contributed by atoms with Crippen molar-refractivity contribution in [2.24, 2.45) is 0 Å². The number of urea groups is 1. The molecule has 0 radical (unpaired) electrons. The van der Waals surface area contributed by atoms with E-state index in [1.807, 2.05) is 43.3 Å². The second-order valence-electron chi connectivity index (χ2n) is 9.35. The molecule has 0 saturated carbocycles. The topological polar surface area (TPSA) is 78.5 Å². The van der Waals surface area contributed by atoms with Gasteiger partial charge < -0.3 is 10.6 Å². The van der Waals surface area contributed by atoms with Crippen LogP contribution < -0.4 is 10.6 Å². The average molecular weight is 502 g/mol. The van der Waals surface area contributed by atoms with E-state index in [0.717, 1.165) is 22.4 Å².